The van der Waals surface area contributed by atoms with Gasteiger partial charge >= 0.3 is 6.03 Å². The van der Waals surface area contributed by atoms with Crippen LogP contribution in [0.3, 0.4) is 0 Å². The number of nitrogens with two attached hydrogens (primary N) is 1. The third-order valence-corrected chi connectivity index (χ3v) is 4.39. The van der Waals surface area contributed by atoms with Gasteiger partial charge in [0.2, 0.25) is 5.91 Å². The van der Waals surface area contributed by atoms with Gasteiger partial charge in [0, 0.05) is 30.8 Å². The quantitative estimate of drug-likeness (QED) is 0.777. The van der Waals surface area contributed by atoms with E-state index in [0.29, 0.717) is 13.1 Å². The highest BCUT2D eigenvalue weighted by molar-refractivity contribution is 5.92. The number of nitrogens with one attached hydrogen (secondary N) is 1. The van der Waals surface area contributed by atoms with E-state index in [2.05, 4.69) is 12.2 Å². The molecule has 1 heterocycles. The van der Waals surface area contributed by atoms with E-state index < -0.39 is 6.03 Å². The molecule has 0 unspecified atom stereocenters. The lowest BCUT2D eigenvalue weighted by atomic mass is 10.1. The maximum Gasteiger partial charge on any atom is 0.314 e. The largest absolute Gasteiger partial charge is 0.490 e. The van der Waals surface area contributed by atoms with Gasteiger partial charge < -0.3 is 20.7 Å². The fourth-order valence-corrected chi connectivity index (χ4v) is 2.68. The zero-order valence-corrected chi connectivity index (χ0v) is 14.9. The summed E-state index contributed by atoms with van der Waals surface area (Å²) in [5.41, 5.74) is 6.14. The van der Waals surface area contributed by atoms with Gasteiger partial charge in [0.05, 0.1) is 6.10 Å². The van der Waals surface area contributed by atoms with Crippen LogP contribution in [0.25, 0.3) is 6.08 Å². The van der Waals surface area contributed by atoms with Gasteiger partial charge in [-0.05, 0) is 38.3 Å². The molecule has 1 fully saturated rings. The highest BCUT2D eigenvalue weighted by Gasteiger charge is 2.21. The maximum absolute atomic E-state index is 12.1. The van der Waals surface area contributed by atoms with E-state index in [0.717, 1.165) is 30.6 Å². The van der Waals surface area contributed by atoms with Crippen LogP contribution < -0.4 is 15.8 Å². The van der Waals surface area contributed by atoms with Crippen molar-refractivity contribution < 1.29 is 14.3 Å². The summed E-state index contributed by atoms with van der Waals surface area (Å²) in [7, 11) is 0. The number of rotatable bonds is 6. The molecule has 0 aromatic heterocycles. The van der Waals surface area contributed by atoms with E-state index >= 15 is 0 Å². The van der Waals surface area contributed by atoms with Gasteiger partial charge in [-0.2, -0.15) is 0 Å². The molecule has 0 radical (unpaired) electrons. The summed E-state index contributed by atoms with van der Waals surface area (Å²) in [5.74, 6) is 0.631. The van der Waals surface area contributed by atoms with E-state index in [4.69, 9.17) is 10.5 Å². The van der Waals surface area contributed by atoms with Crippen molar-refractivity contribution in [1.29, 1.82) is 0 Å². The van der Waals surface area contributed by atoms with E-state index in [-0.39, 0.29) is 18.1 Å². The third kappa shape index (κ3) is 5.81. The fraction of sp³-hybridized carbons (Fsp3) is 0.474. The van der Waals surface area contributed by atoms with Gasteiger partial charge in [0.1, 0.15) is 5.75 Å². The highest BCUT2D eigenvalue weighted by atomic mass is 16.5. The molecule has 1 aliphatic heterocycles. The monoisotopic (exact) mass is 345 g/mol. The van der Waals surface area contributed by atoms with Crippen LogP contribution in [0, 0.1) is 0 Å². The third-order valence-electron chi connectivity index (χ3n) is 4.39. The van der Waals surface area contributed by atoms with Crippen LogP contribution in [-0.4, -0.2) is 42.1 Å². The van der Waals surface area contributed by atoms with E-state index in [1.54, 1.807) is 11.0 Å². The summed E-state index contributed by atoms with van der Waals surface area (Å²) >= 11 is 0. The smallest absolute Gasteiger partial charge is 0.314 e. The summed E-state index contributed by atoms with van der Waals surface area (Å²) in [6.07, 6.45) is 5.78. The lowest BCUT2D eigenvalue weighted by molar-refractivity contribution is -0.117. The molecule has 2 rings (SSSR count). The second-order valence-electron chi connectivity index (χ2n) is 6.32. The molecule has 1 aromatic rings. The van der Waals surface area contributed by atoms with Crippen LogP contribution in [-0.2, 0) is 4.79 Å². The second-order valence-corrected chi connectivity index (χ2v) is 6.32. The number of likely N-dealkylation sites (tertiary alicyclic amines) is 1. The average Bonchev–Trinajstić information content (AvgIpc) is 2.61. The number of primary amides is 1. The molecule has 1 saturated heterocycles. The Bertz CT molecular complexity index is 622. The summed E-state index contributed by atoms with van der Waals surface area (Å²) in [6.45, 7) is 5.25. The Kier molecular flexibility index (Phi) is 6.86. The Morgan fingerprint density at radius 3 is 2.68 bits per heavy atom. The zero-order chi connectivity index (χ0) is 18.2. The predicted octanol–water partition coefficient (Wildman–Crippen LogP) is 2.54. The number of carbonyl (C=O) groups is 2. The van der Waals surface area contributed by atoms with Crippen LogP contribution in [0.4, 0.5) is 4.79 Å². The molecule has 1 atom stereocenters. The molecular weight excluding hydrogens is 318 g/mol. The maximum atomic E-state index is 12.1. The predicted molar refractivity (Wildman–Crippen MR) is 98.2 cm³/mol. The molecule has 1 aromatic carbocycles. The Morgan fingerprint density at radius 1 is 1.36 bits per heavy atom. The first-order chi connectivity index (χ1) is 12.0. The van der Waals surface area contributed by atoms with Gasteiger partial charge in [-0.3, -0.25) is 4.79 Å². The molecule has 1 aliphatic rings. The lowest BCUT2D eigenvalue weighted by Gasteiger charge is -2.30. The highest BCUT2D eigenvalue weighted by Crippen LogP contribution is 2.21. The molecule has 0 aliphatic carbocycles. The Hall–Kier alpha value is -2.50. The summed E-state index contributed by atoms with van der Waals surface area (Å²) in [5, 5.41) is 2.97. The Labute approximate surface area is 149 Å². The number of nitrogens with zero attached hydrogens (tertiary/aromatic N) is 1. The van der Waals surface area contributed by atoms with Gasteiger partial charge in [0.25, 0.3) is 0 Å². The van der Waals surface area contributed by atoms with Crippen molar-refractivity contribution in [2.24, 2.45) is 5.73 Å². The van der Waals surface area contributed by atoms with Gasteiger partial charge in [-0.15, -0.1) is 0 Å². The van der Waals surface area contributed by atoms with Crippen molar-refractivity contribution >= 4 is 18.0 Å². The minimum atomic E-state index is -0.400. The van der Waals surface area contributed by atoms with Crippen molar-refractivity contribution in [2.75, 3.05) is 13.1 Å². The minimum absolute atomic E-state index is 0.0688. The Morgan fingerprint density at radius 2 is 2.04 bits per heavy atom. The molecule has 0 spiro atoms. The number of para-hydroxylation sites is 1. The first-order valence-corrected chi connectivity index (χ1v) is 8.78. The van der Waals surface area contributed by atoms with Gasteiger partial charge in [-0.1, -0.05) is 25.1 Å². The number of amides is 3. The summed E-state index contributed by atoms with van der Waals surface area (Å²) in [6, 6.07) is 7.33. The van der Waals surface area contributed by atoms with Crippen molar-refractivity contribution in [3.05, 3.63) is 35.9 Å². The van der Waals surface area contributed by atoms with Crippen LogP contribution in [0.1, 0.15) is 38.7 Å². The Balaban J connectivity index is 1.89. The normalized spacial score (nSPS) is 16.6. The first kappa shape index (κ1) is 18.8. The van der Waals surface area contributed by atoms with E-state index in [9.17, 15) is 9.59 Å². The molecule has 3 N–H and O–H groups in total. The van der Waals surface area contributed by atoms with Crippen molar-refractivity contribution in [1.82, 2.24) is 10.2 Å². The first-order valence-electron chi connectivity index (χ1n) is 8.78. The topological polar surface area (TPSA) is 84.7 Å². The lowest BCUT2D eigenvalue weighted by Crippen LogP contribution is -2.47. The second kappa shape index (κ2) is 9.11. The number of piperidine rings is 1. The van der Waals surface area contributed by atoms with Crippen LogP contribution in [0.5, 0.6) is 5.75 Å². The van der Waals surface area contributed by atoms with Crippen LogP contribution >= 0.6 is 0 Å². The standard InChI is InChI=1S/C19H27N3O3/c1-3-14(2)25-17-7-5-4-6-15(17)8-9-18(23)21-16-10-12-22(13-11-16)19(20)24/h4-9,14,16H,3,10-13H2,1-2H3,(H2,20,24)(H,21,23)/b9-8-/t14-/m0/s1. The number of hydrogen-bond donors (Lipinski definition) is 2. The number of carbonyl (C=O) groups excluding carboxylic acids is 2. The molecule has 3 amide bonds. The fourth-order valence-electron chi connectivity index (χ4n) is 2.68. The minimum Gasteiger partial charge on any atom is -0.490 e. The zero-order valence-electron chi connectivity index (χ0n) is 14.9. The number of benzene rings is 1. The van der Waals surface area contributed by atoms with Gasteiger partial charge in [0.15, 0.2) is 0 Å². The van der Waals surface area contributed by atoms with E-state index in [1.807, 2.05) is 31.2 Å². The van der Waals surface area contributed by atoms with Gasteiger partial charge in [-0.25, -0.2) is 4.79 Å². The summed E-state index contributed by atoms with van der Waals surface area (Å²) < 4.78 is 5.88. The molecule has 0 saturated carbocycles. The summed E-state index contributed by atoms with van der Waals surface area (Å²) in [4.78, 5) is 24.9. The van der Waals surface area contributed by atoms with Crippen molar-refractivity contribution in [2.45, 2.75) is 45.3 Å². The van der Waals surface area contributed by atoms with Crippen LogP contribution in [0.2, 0.25) is 0 Å². The van der Waals surface area contributed by atoms with Crippen molar-refractivity contribution in [3.63, 3.8) is 0 Å². The SMILES string of the molecule is CC[C@H](C)Oc1ccccc1/C=C\C(=O)NC1CCN(C(N)=O)CC1. The number of urea groups is 1. The average molecular weight is 345 g/mol. The molecule has 25 heavy (non-hydrogen) atoms. The molecule has 6 heteroatoms. The number of ether oxygens (including phenoxy) is 1. The molecular formula is C19H27N3O3. The van der Waals surface area contributed by atoms with Crippen molar-refractivity contribution in [3.8, 4) is 5.75 Å². The molecule has 136 valence electrons. The molecule has 0 bridgehead atoms. The van der Waals surface area contributed by atoms with Crippen LogP contribution in [0.15, 0.2) is 30.3 Å². The van der Waals surface area contributed by atoms with E-state index in [1.165, 1.54) is 6.08 Å². The number of hydrogen-bond acceptors (Lipinski definition) is 3. The molecule has 6 nitrogen and oxygen atoms in total.